The summed E-state index contributed by atoms with van der Waals surface area (Å²) < 4.78 is 5.53. The number of hydrogen-bond donors (Lipinski definition) is 1. The van der Waals surface area contributed by atoms with Gasteiger partial charge in [0.1, 0.15) is 11.4 Å². The summed E-state index contributed by atoms with van der Waals surface area (Å²) in [6.45, 7) is 1.86. The number of nitrogens with two attached hydrogens (primary N) is 1. The van der Waals surface area contributed by atoms with E-state index < -0.39 is 0 Å². The summed E-state index contributed by atoms with van der Waals surface area (Å²) in [5.74, 6) is 0.537. The van der Waals surface area contributed by atoms with E-state index in [4.69, 9.17) is 10.5 Å². The number of aromatic nitrogens is 1. The minimum Gasteiger partial charge on any atom is -0.424 e. The molecule has 0 bridgehead atoms. The van der Waals surface area contributed by atoms with E-state index in [1.165, 1.54) is 0 Å². The van der Waals surface area contributed by atoms with Gasteiger partial charge in [-0.05, 0) is 44.0 Å². The highest BCUT2D eigenvalue weighted by molar-refractivity contribution is 5.77. The van der Waals surface area contributed by atoms with Crippen LogP contribution in [0.3, 0.4) is 0 Å². The third kappa shape index (κ3) is 3.76. The van der Waals surface area contributed by atoms with Gasteiger partial charge in [0.05, 0.1) is 5.92 Å². The van der Waals surface area contributed by atoms with Gasteiger partial charge in [-0.2, -0.15) is 0 Å². The molecule has 1 heterocycles. The highest BCUT2D eigenvalue weighted by atomic mass is 16.5. The molecule has 1 aromatic heterocycles. The number of ether oxygens (including phenoxy) is 1. The van der Waals surface area contributed by atoms with Crippen LogP contribution in [0.2, 0.25) is 0 Å². The van der Waals surface area contributed by atoms with Gasteiger partial charge in [0.15, 0.2) is 11.6 Å². The third-order valence-corrected chi connectivity index (χ3v) is 4.07. The molecule has 124 valence electrons. The maximum atomic E-state index is 12.2. The molecule has 1 aromatic carbocycles. The lowest BCUT2D eigenvalue weighted by Crippen LogP contribution is -2.17. The number of esters is 1. The maximum Gasteiger partial charge on any atom is 0.314 e. The Morgan fingerprint density at radius 3 is 2.58 bits per heavy atom. The third-order valence-electron chi connectivity index (χ3n) is 4.07. The van der Waals surface area contributed by atoms with Crippen LogP contribution in [-0.2, 0) is 4.79 Å². The van der Waals surface area contributed by atoms with Crippen LogP contribution in [-0.4, -0.2) is 11.0 Å². The van der Waals surface area contributed by atoms with Gasteiger partial charge in [0.25, 0.3) is 0 Å². The van der Waals surface area contributed by atoms with Crippen LogP contribution in [0.5, 0.6) is 5.75 Å². The van der Waals surface area contributed by atoms with Gasteiger partial charge in [0, 0.05) is 5.69 Å². The zero-order valence-electron chi connectivity index (χ0n) is 13.6. The van der Waals surface area contributed by atoms with E-state index in [1.54, 1.807) is 24.3 Å². The van der Waals surface area contributed by atoms with Crippen LogP contribution >= 0.6 is 0 Å². The second kappa shape index (κ2) is 7.21. The first-order valence-corrected chi connectivity index (χ1v) is 8.09. The molecule has 6 nitrogen and oxygen atoms in total. The standard InChI is InChI=1S/C18H20N4O2/c1-12-10-11-15(17(19)20-12)22-21-14-8-4-5-9-16(14)24-18(23)13-6-2-3-7-13/h4-5,8-11,13H,2-3,6-7H2,1H3,(H2,19,20). The average molecular weight is 324 g/mol. The fourth-order valence-electron chi connectivity index (χ4n) is 2.74. The first-order chi connectivity index (χ1) is 11.6. The van der Waals surface area contributed by atoms with Crippen molar-refractivity contribution in [2.24, 2.45) is 16.1 Å². The smallest absolute Gasteiger partial charge is 0.314 e. The molecule has 24 heavy (non-hydrogen) atoms. The predicted molar refractivity (Wildman–Crippen MR) is 91.6 cm³/mol. The number of hydrogen-bond acceptors (Lipinski definition) is 6. The summed E-state index contributed by atoms with van der Waals surface area (Å²) in [5, 5.41) is 8.30. The summed E-state index contributed by atoms with van der Waals surface area (Å²) in [5.41, 5.74) is 7.63. The SMILES string of the molecule is Cc1ccc(N=Nc2ccccc2OC(=O)C2CCCC2)c(N)n1. The zero-order chi connectivity index (χ0) is 16.9. The molecule has 0 unspecified atom stereocenters. The molecule has 1 aliphatic rings. The van der Waals surface area contributed by atoms with Crippen LogP contribution in [0.15, 0.2) is 46.6 Å². The van der Waals surface area contributed by atoms with E-state index in [-0.39, 0.29) is 11.9 Å². The van der Waals surface area contributed by atoms with Crippen molar-refractivity contribution in [2.75, 3.05) is 5.73 Å². The fraction of sp³-hybridized carbons (Fsp3) is 0.333. The largest absolute Gasteiger partial charge is 0.424 e. The molecule has 0 saturated heterocycles. The first-order valence-electron chi connectivity index (χ1n) is 8.09. The number of aryl methyl sites for hydroxylation is 1. The van der Waals surface area contributed by atoms with Gasteiger partial charge in [-0.1, -0.05) is 25.0 Å². The molecule has 2 aromatic rings. The molecule has 1 saturated carbocycles. The Balaban J connectivity index is 1.78. The van der Waals surface area contributed by atoms with Crippen LogP contribution in [0.1, 0.15) is 31.4 Å². The van der Waals surface area contributed by atoms with Crippen molar-refractivity contribution in [1.82, 2.24) is 4.98 Å². The normalized spacial score (nSPS) is 15.0. The second-order valence-electron chi connectivity index (χ2n) is 5.93. The molecule has 0 atom stereocenters. The van der Waals surface area contributed by atoms with Crippen LogP contribution in [0, 0.1) is 12.8 Å². The molecule has 1 fully saturated rings. The number of rotatable bonds is 4. The molecule has 0 spiro atoms. The molecular weight excluding hydrogens is 304 g/mol. The first kappa shape index (κ1) is 16.1. The molecule has 0 aliphatic heterocycles. The number of nitrogen functional groups attached to an aromatic ring is 1. The number of pyridine rings is 1. The van der Waals surface area contributed by atoms with Gasteiger partial charge >= 0.3 is 5.97 Å². The van der Waals surface area contributed by atoms with Crippen molar-refractivity contribution < 1.29 is 9.53 Å². The average Bonchev–Trinajstić information content (AvgIpc) is 3.10. The van der Waals surface area contributed by atoms with E-state index >= 15 is 0 Å². The lowest BCUT2D eigenvalue weighted by Gasteiger charge is -2.10. The van der Waals surface area contributed by atoms with Gasteiger partial charge in [-0.3, -0.25) is 4.79 Å². The van der Waals surface area contributed by atoms with Crippen molar-refractivity contribution in [2.45, 2.75) is 32.6 Å². The Bertz CT molecular complexity index is 767. The number of nitrogens with zero attached hydrogens (tertiary/aromatic N) is 3. The molecule has 2 N–H and O–H groups in total. The van der Waals surface area contributed by atoms with E-state index in [0.717, 1.165) is 31.4 Å². The Morgan fingerprint density at radius 2 is 1.83 bits per heavy atom. The number of azo groups is 1. The van der Waals surface area contributed by atoms with E-state index in [1.807, 2.05) is 19.1 Å². The van der Waals surface area contributed by atoms with Crippen molar-refractivity contribution in [3.05, 3.63) is 42.1 Å². The number of anilines is 1. The quantitative estimate of drug-likeness (QED) is 0.510. The van der Waals surface area contributed by atoms with Crippen LogP contribution in [0.25, 0.3) is 0 Å². The maximum absolute atomic E-state index is 12.2. The van der Waals surface area contributed by atoms with Crippen LogP contribution < -0.4 is 10.5 Å². The minimum atomic E-state index is -0.188. The van der Waals surface area contributed by atoms with Crippen LogP contribution in [0.4, 0.5) is 17.2 Å². The summed E-state index contributed by atoms with van der Waals surface area (Å²) in [6, 6.07) is 10.7. The number of carbonyl (C=O) groups is 1. The Labute approximate surface area is 140 Å². The molecule has 6 heteroatoms. The van der Waals surface area contributed by atoms with Crippen molar-refractivity contribution in [3.63, 3.8) is 0 Å². The van der Waals surface area contributed by atoms with Crippen molar-refractivity contribution in [3.8, 4) is 5.75 Å². The topological polar surface area (TPSA) is 89.9 Å². The Kier molecular flexibility index (Phi) is 4.84. The number of para-hydroxylation sites is 1. The summed E-state index contributed by atoms with van der Waals surface area (Å²) >= 11 is 0. The molecule has 1 aliphatic carbocycles. The number of benzene rings is 1. The molecule has 0 radical (unpaired) electrons. The monoisotopic (exact) mass is 324 g/mol. The van der Waals surface area contributed by atoms with Gasteiger partial charge < -0.3 is 10.5 Å². The number of carbonyl (C=O) groups excluding carboxylic acids is 1. The van der Waals surface area contributed by atoms with Crippen molar-refractivity contribution in [1.29, 1.82) is 0 Å². The van der Waals surface area contributed by atoms with E-state index in [9.17, 15) is 4.79 Å². The second-order valence-corrected chi connectivity index (χ2v) is 5.93. The van der Waals surface area contributed by atoms with Crippen molar-refractivity contribution >= 4 is 23.2 Å². The Morgan fingerprint density at radius 1 is 1.12 bits per heavy atom. The van der Waals surface area contributed by atoms with Gasteiger partial charge in [0.2, 0.25) is 0 Å². The highest BCUT2D eigenvalue weighted by Crippen LogP contribution is 2.32. The Hall–Kier alpha value is -2.76. The van der Waals surface area contributed by atoms with E-state index in [0.29, 0.717) is 22.9 Å². The van der Waals surface area contributed by atoms with Gasteiger partial charge in [-0.15, -0.1) is 10.2 Å². The van der Waals surface area contributed by atoms with Gasteiger partial charge in [-0.25, -0.2) is 4.98 Å². The van der Waals surface area contributed by atoms with E-state index in [2.05, 4.69) is 15.2 Å². The minimum absolute atomic E-state index is 0.00746. The lowest BCUT2D eigenvalue weighted by atomic mass is 10.1. The fourth-order valence-corrected chi connectivity index (χ4v) is 2.74. The lowest BCUT2D eigenvalue weighted by molar-refractivity contribution is -0.138. The molecule has 0 amide bonds. The molecule has 3 rings (SSSR count). The predicted octanol–water partition coefficient (Wildman–Crippen LogP) is 4.48. The summed E-state index contributed by atoms with van der Waals surface area (Å²) in [7, 11) is 0. The summed E-state index contributed by atoms with van der Waals surface area (Å²) in [6.07, 6.45) is 3.96. The zero-order valence-corrected chi connectivity index (χ0v) is 13.6. The highest BCUT2D eigenvalue weighted by Gasteiger charge is 2.25. The molecular formula is C18H20N4O2. The summed E-state index contributed by atoms with van der Waals surface area (Å²) in [4.78, 5) is 16.4.